The molecule has 0 spiro atoms. The number of hydrazine groups is 1. The van der Waals surface area contributed by atoms with Crippen molar-refractivity contribution < 1.29 is 9.47 Å². The van der Waals surface area contributed by atoms with E-state index in [2.05, 4.69) is 37.3 Å². The number of hydrogen-bond acceptors (Lipinski definition) is 5. The van der Waals surface area contributed by atoms with Gasteiger partial charge in [-0.2, -0.15) is 0 Å². The molecule has 2 rings (SSSR count). The van der Waals surface area contributed by atoms with Crippen LogP contribution < -0.4 is 20.7 Å². The third-order valence-electron chi connectivity index (χ3n) is 2.92. The van der Waals surface area contributed by atoms with E-state index in [0.29, 0.717) is 0 Å². The highest BCUT2D eigenvalue weighted by Crippen LogP contribution is 2.42. The zero-order valence-electron chi connectivity index (χ0n) is 10.9. The summed E-state index contributed by atoms with van der Waals surface area (Å²) in [7, 11) is 3.26. The Hall–Kier alpha value is -0.600. The maximum absolute atomic E-state index is 5.77. The van der Waals surface area contributed by atoms with Crippen molar-refractivity contribution in [2.45, 2.75) is 6.04 Å². The number of nitrogens with one attached hydrogen (secondary N) is 1. The zero-order valence-corrected chi connectivity index (χ0v) is 14.9. The molecular formula is C13H14Br2N2O2S. The molecule has 0 amide bonds. The van der Waals surface area contributed by atoms with E-state index >= 15 is 0 Å². The number of thiophene rings is 1. The largest absolute Gasteiger partial charge is 0.496 e. The summed E-state index contributed by atoms with van der Waals surface area (Å²) in [5.41, 5.74) is 4.72. The number of nitrogens with two attached hydrogens (primary N) is 1. The molecule has 1 aromatic carbocycles. The van der Waals surface area contributed by atoms with E-state index in [4.69, 9.17) is 15.3 Å². The summed E-state index contributed by atoms with van der Waals surface area (Å²) in [6.45, 7) is 0. The lowest BCUT2D eigenvalue weighted by Crippen LogP contribution is -2.29. The average molecular weight is 422 g/mol. The molecule has 20 heavy (non-hydrogen) atoms. The first-order valence-corrected chi connectivity index (χ1v) is 8.14. The van der Waals surface area contributed by atoms with Crippen molar-refractivity contribution >= 4 is 43.2 Å². The summed E-state index contributed by atoms with van der Waals surface area (Å²) in [5.74, 6) is 7.22. The first-order chi connectivity index (χ1) is 9.62. The molecule has 0 aliphatic carbocycles. The molecular weight excluding hydrogens is 408 g/mol. The monoisotopic (exact) mass is 420 g/mol. The Morgan fingerprint density at radius 2 is 1.80 bits per heavy atom. The quantitative estimate of drug-likeness (QED) is 0.568. The maximum atomic E-state index is 5.77. The molecule has 7 heteroatoms. The van der Waals surface area contributed by atoms with E-state index in [1.54, 1.807) is 25.6 Å². The molecule has 1 heterocycles. The van der Waals surface area contributed by atoms with Gasteiger partial charge in [-0.15, -0.1) is 11.3 Å². The number of benzene rings is 1. The molecule has 4 nitrogen and oxygen atoms in total. The van der Waals surface area contributed by atoms with Gasteiger partial charge in [0.1, 0.15) is 11.5 Å². The Balaban J connectivity index is 2.59. The van der Waals surface area contributed by atoms with Crippen molar-refractivity contribution in [2.75, 3.05) is 14.2 Å². The van der Waals surface area contributed by atoms with Crippen molar-refractivity contribution in [3.63, 3.8) is 0 Å². The third kappa shape index (κ3) is 3.01. The van der Waals surface area contributed by atoms with Gasteiger partial charge in [0.25, 0.3) is 0 Å². The van der Waals surface area contributed by atoms with Crippen molar-refractivity contribution in [1.82, 2.24) is 5.43 Å². The number of ether oxygens (including phenoxy) is 2. The van der Waals surface area contributed by atoms with Crippen LogP contribution >= 0.6 is 43.2 Å². The highest BCUT2D eigenvalue weighted by Gasteiger charge is 2.24. The van der Waals surface area contributed by atoms with Gasteiger partial charge in [-0.25, -0.2) is 5.43 Å². The topological polar surface area (TPSA) is 56.5 Å². The van der Waals surface area contributed by atoms with Crippen LogP contribution in [0.1, 0.15) is 17.2 Å². The van der Waals surface area contributed by atoms with Crippen LogP contribution in [0.2, 0.25) is 0 Å². The van der Waals surface area contributed by atoms with Crippen LogP contribution in [0.4, 0.5) is 0 Å². The Morgan fingerprint density at radius 1 is 1.20 bits per heavy atom. The Morgan fingerprint density at radius 3 is 2.20 bits per heavy atom. The highest BCUT2D eigenvalue weighted by molar-refractivity contribution is 9.12. The van der Waals surface area contributed by atoms with E-state index < -0.39 is 0 Å². The lowest BCUT2D eigenvalue weighted by Gasteiger charge is -2.21. The van der Waals surface area contributed by atoms with Crippen LogP contribution in [0.15, 0.2) is 31.8 Å². The summed E-state index contributed by atoms with van der Waals surface area (Å²) in [6.07, 6.45) is 0. The smallest absolute Gasteiger partial charge is 0.127 e. The molecule has 108 valence electrons. The lowest BCUT2D eigenvalue weighted by atomic mass is 9.99. The van der Waals surface area contributed by atoms with Gasteiger partial charge in [0.05, 0.1) is 33.4 Å². The fourth-order valence-electron chi connectivity index (χ4n) is 2.04. The predicted octanol–water partition coefficient (Wildman–Crippen LogP) is 3.84. The van der Waals surface area contributed by atoms with E-state index in [1.165, 1.54) is 0 Å². The fourth-order valence-corrected chi connectivity index (χ4v) is 4.94. The van der Waals surface area contributed by atoms with Gasteiger partial charge in [-0.05, 0) is 50.1 Å². The molecule has 1 atom stereocenters. The molecule has 0 fully saturated rings. The van der Waals surface area contributed by atoms with Gasteiger partial charge in [-0.3, -0.25) is 5.84 Å². The van der Waals surface area contributed by atoms with Crippen molar-refractivity contribution in [3.05, 3.63) is 43.0 Å². The number of hydrogen-bond donors (Lipinski definition) is 2. The standard InChI is InChI=1S/C13H14Br2N2O2S/c1-18-8-4-3-5-9(19-2)11(8)12(17-16)7-6-10(14)20-13(7)15/h3-6,12,17H,16H2,1-2H3. The minimum Gasteiger partial charge on any atom is -0.496 e. The lowest BCUT2D eigenvalue weighted by molar-refractivity contribution is 0.377. The summed E-state index contributed by atoms with van der Waals surface area (Å²) >= 11 is 8.63. The van der Waals surface area contributed by atoms with Gasteiger partial charge in [0.2, 0.25) is 0 Å². The molecule has 3 N–H and O–H groups in total. The minimum absolute atomic E-state index is 0.238. The normalized spacial score (nSPS) is 12.2. The van der Waals surface area contributed by atoms with Crippen LogP contribution in [0.5, 0.6) is 11.5 Å². The first-order valence-electron chi connectivity index (χ1n) is 5.74. The van der Waals surface area contributed by atoms with E-state index in [9.17, 15) is 0 Å². The SMILES string of the molecule is COc1cccc(OC)c1C(NN)c1cc(Br)sc1Br. The molecule has 0 saturated carbocycles. The summed E-state index contributed by atoms with van der Waals surface area (Å²) < 4.78 is 12.9. The van der Waals surface area contributed by atoms with Crippen molar-refractivity contribution in [2.24, 2.45) is 5.84 Å². The highest BCUT2D eigenvalue weighted by atomic mass is 79.9. The molecule has 0 aliphatic rings. The van der Waals surface area contributed by atoms with Gasteiger partial charge < -0.3 is 9.47 Å². The fraction of sp³-hybridized carbons (Fsp3) is 0.231. The summed E-state index contributed by atoms with van der Waals surface area (Å²) in [6, 6.07) is 7.44. The number of rotatable bonds is 5. The van der Waals surface area contributed by atoms with E-state index in [1.807, 2.05) is 24.3 Å². The molecule has 0 aliphatic heterocycles. The zero-order chi connectivity index (χ0) is 14.7. The molecule has 0 bridgehead atoms. The predicted molar refractivity (Wildman–Crippen MR) is 88.4 cm³/mol. The van der Waals surface area contributed by atoms with E-state index in [0.717, 1.165) is 30.2 Å². The molecule has 0 saturated heterocycles. The second-order valence-corrected chi connectivity index (χ2v) is 7.70. The van der Waals surface area contributed by atoms with Crippen LogP contribution in [0, 0.1) is 0 Å². The van der Waals surface area contributed by atoms with Gasteiger partial charge in [0.15, 0.2) is 0 Å². The Bertz CT molecular complexity index is 582. The molecule has 1 aromatic heterocycles. The second-order valence-electron chi connectivity index (χ2n) is 3.96. The second kappa shape index (κ2) is 6.91. The first kappa shape index (κ1) is 15.8. The number of halogens is 2. The van der Waals surface area contributed by atoms with Crippen LogP contribution in [-0.2, 0) is 0 Å². The van der Waals surface area contributed by atoms with Gasteiger partial charge >= 0.3 is 0 Å². The Labute approximate surface area is 138 Å². The minimum atomic E-state index is -0.238. The number of methoxy groups -OCH3 is 2. The van der Waals surface area contributed by atoms with E-state index in [-0.39, 0.29) is 6.04 Å². The van der Waals surface area contributed by atoms with Gasteiger partial charge in [-0.1, -0.05) is 6.07 Å². The van der Waals surface area contributed by atoms with Crippen LogP contribution in [-0.4, -0.2) is 14.2 Å². The summed E-state index contributed by atoms with van der Waals surface area (Å²) in [4.78, 5) is 0. The third-order valence-corrected chi connectivity index (χ3v) is 5.30. The molecule has 2 aromatic rings. The maximum Gasteiger partial charge on any atom is 0.127 e. The molecule has 0 radical (unpaired) electrons. The van der Waals surface area contributed by atoms with Crippen LogP contribution in [0.25, 0.3) is 0 Å². The van der Waals surface area contributed by atoms with Crippen molar-refractivity contribution in [1.29, 1.82) is 0 Å². The summed E-state index contributed by atoms with van der Waals surface area (Å²) in [5, 5.41) is 0. The average Bonchev–Trinajstić information content (AvgIpc) is 2.78. The Kier molecular flexibility index (Phi) is 5.45. The van der Waals surface area contributed by atoms with Gasteiger partial charge in [0, 0.05) is 5.56 Å². The van der Waals surface area contributed by atoms with Crippen molar-refractivity contribution in [3.8, 4) is 11.5 Å². The molecule has 1 unspecified atom stereocenters. The van der Waals surface area contributed by atoms with Crippen LogP contribution in [0.3, 0.4) is 0 Å².